The van der Waals surface area contributed by atoms with Crippen LogP contribution in [0, 0.1) is 0 Å². The molecule has 196 valence electrons. The number of ether oxygens (including phenoxy) is 3. The molecule has 0 atom stereocenters. The van der Waals surface area contributed by atoms with Gasteiger partial charge in [-0.05, 0) is 23.1 Å². The van der Waals surface area contributed by atoms with Gasteiger partial charge in [0.15, 0.2) is 0 Å². The average Bonchev–Trinajstić information content (AvgIpc) is 2.97. The van der Waals surface area contributed by atoms with Crippen LogP contribution < -0.4 is 0 Å². The molecule has 4 rings (SSSR count). The molecule has 0 bridgehead atoms. The van der Waals surface area contributed by atoms with Crippen LogP contribution in [0.4, 0.5) is 4.79 Å². The van der Waals surface area contributed by atoms with Gasteiger partial charge in [0.25, 0.3) is 0 Å². The molecular formula is C31H38N2O4. The van der Waals surface area contributed by atoms with E-state index in [0.717, 1.165) is 26.1 Å². The number of piperazine rings is 1. The fourth-order valence-electron chi connectivity index (χ4n) is 5.06. The first-order valence-corrected chi connectivity index (χ1v) is 13.3. The fourth-order valence-corrected chi connectivity index (χ4v) is 5.06. The third kappa shape index (κ3) is 6.58. The highest BCUT2D eigenvalue weighted by Gasteiger charge is 2.43. The Bertz CT molecular complexity index is 958. The maximum Gasteiger partial charge on any atom is 0.409 e. The second-order valence-electron chi connectivity index (χ2n) is 9.12. The molecular weight excluding hydrogens is 464 g/mol. The van der Waals surface area contributed by atoms with Gasteiger partial charge in [-0.2, -0.15) is 0 Å². The predicted octanol–water partition coefficient (Wildman–Crippen LogP) is 5.18. The Morgan fingerprint density at radius 2 is 1.08 bits per heavy atom. The first-order valence-electron chi connectivity index (χ1n) is 13.3. The molecule has 0 saturated carbocycles. The molecule has 6 heteroatoms. The summed E-state index contributed by atoms with van der Waals surface area (Å²) in [5.74, 6) is 0. The van der Waals surface area contributed by atoms with Crippen LogP contribution in [0.2, 0.25) is 0 Å². The smallest absolute Gasteiger partial charge is 0.409 e. The fraction of sp³-hybridized carbons (Fsp3) is 0.387. The molecule has 3 aromatic carbocycles. The summed E-state index contributed by atoms with van der Waals surface area (Å²) in [5, 5.41) is 0. The molecule has 1 saturated heterocycles. The first-order chi connectivity index (χ1) is 18.3. The highest BCUT2D eigenvalue weighted by Crippen LogP contribution is 2.42. The second kappa shape index (κ2) is 13.9. The quantitative estimate of drug-likeness (QED) is 0.252. The maximum atomic E-state index is 12.7. The summed E-state index contributed by atoms with van der Waals surface area (Å²) in [6, 6.07) is 32.0. The van der Waals surface area contributed by atoms with Crippen molar-refractivity contribution >= 4 is 6.09 Å². The number of hydrogen-bond acceptors (Lipinski definition) is 5. The summed E-state index contributed by atoms with van der Waals surface area (Å²) in [6.07, 6.45) is 0.712. The van der Waals surface area contributed by atoms with Crippen molar-refractivity contribution in [3.05, 3.63) is 108 Å². The highest BCUT2D eigenvalue weighted by molar-refractivity contribution is 5.67. The van der Waals surface area contributed by atoms with Crippen LogP contribution in [0.1, 0.15) is 30.0 Å². The summed E-state index contributed by atoms with van der Waals surface area (Å²) in [4.78, 5) is 17.0. The minimum atomic E-state index is -0.465. The van der Waals surface area contributed by atoms with Gasteiger partial charge in [-0.1, -0.05) is 97.9 Å². The van der Waals surface area contributed by atoms with Gasteiger partial charge in [-0.25, -0.2) is 4.79 Å². The number of rotatable bonds is 12. The number of nitrogens with zero attached hydrogens (tertiary/aromatic N) is 2. The van der Waals surface area contributed by atoms with E-state index >= 15 is 0 Å². The standard InChI is InChI=1S/C31H38N2O4/c1-2-22-35-23-24-36-25-26-37-30(34)32-18-20-33(21-19-32)31(27-12-6-3-7-13-27,28-14-8-4-9-15-28)29-16-10-5-11-17-29/h3-17H,2,18-26H2,1H3. The minimum absolute atomic E-state index is 0.245. The van der Waals surface area contributed by atoms with Crippen molar-refractivity contribution in [1.82, 2.24) is 9.80 Å². The predicted molar refractivity (Wildman–Crippen MR) is 146 cm³/mol. The molecule has 1 heterocycles. The Morgan fingerprint density at radius 3 is 1.54 bits per heavy atom. The molecule has 0 radical (unpaired) electrons. The summed E-state index contributed by atoms with van der Waals surface area (Å²) >= 11 is 0. The molecule has 0 aromatic heterocycles. The van der Waals surface area contributed by atoms with E-state index in [1.807, 2.05) is 0 Å². The maximum absolute atomic E-state index is 12.7. The van der Waals surface area contributed by atoms with Crippen molar-refractivity contribution in [3.63, 3.8) is 0 Å². The Morgan fingerprint density at radius 1 is 0.649 bits per heavy atom. The lowest BCUT2D eigenvalue weighted by molar-refractivity contribution is 0.0149. The third-order valence-corrected chi connectivity index (χ3v) is 6.76. The summed E-state index contributed by atoms with van der Waals surface area (Å²) in [6.45, 7) is 7.15. The molecule has 0 aliphatic carbocycles. The van der Waals surface area contributed by atoms with Crippen LogP contribution in [0.15, 0.2) is 91.0 Å². The zero-order chi connectivity index (χ0) is 25.8. The van der Waals surface area contributed by atoms with E-state index in [4.69, 9.17) is 14.2 Å². The SMILES string of the molecule is CCCOCCOCCOC(=O)N1CCN(C(c2ccccc2)(c2ccccc2)c2ccccc2)CC1. The summed E-state index contributed by atoms with van der Waals surface area (Å²) in [5.41, 5.74) is 3.17. The average molecular weight is 503 g/mol. The lowest BCUT2D eigenvalue weighted by atomic mass is 9.75. The zero-order valence-corrected chi connectivity index (χ0v) is 21.8. The van der Waals surface area contributed by atoms with Crippen molar-refractivity contribution < 1.29 is 19.0 Å². The number of benzene rings is 3. The lowest BCUT2D eigenvalue weighted by Crippen LogP contribution is -2.57. The van der Waals surface area contributed by atoms with Gasteiger partial charge in [0.2, 0.25) is 0 Å². The second-order valence-corrected chi connectivity index (χ2v) is 9.12. The molecule has 1 aliphatic rings. The Kier molecular flexibility index (Phi) is 10.1. The molecule has 1 fully saturated rings. The van der Waals surface area contributed by atoms with Crippen LogP contribution in [0.25, 0.3) is 0 Å². The van der Waals surface area contributed by atoms with E-state index in [0.29, 0.717) is 32.9 Å². The number of carbonyl (C=O) groups is 1. The van der Waals surface area contributed by atoms with Gasteiger partial charge in [0.1, 0.15) is 6.61 Å². The Balaban J connectivity index is 1.45. The van der Waals surface area contributed by atoms with Crippen molar-refractivity contribution in [2.45, 2.75) is 18.9 Å². The molecule has 37 heavy (non-hydrogen) atoms. The number of amides is 1. The first kappa shape index (κ1) is 26.9. The minimum Gasteiger partial charge on any atom is -0.447 e. The van der Waals surface area contributed by atoms with Gasteiger partial charge in [0, 0.05) is 32.8 Å². The Labute approximate surface area is 220 Å². The van der Waals surface area contributed by atoms with Gasteiger partial charge in [0.05, 0.1) is 25.4 Å². The topological polar surface area (TPSA) is 51.2 Å². The molecule has 3 aromatic rings. The van der Waals surface area contributed by atoms with Crippen LogP contribution >= 0.6 is 0 Å². The van der Waals surface area contributed by atoms with E-state index in [1.165, 1.54) is 16.7 Å². The van der Waals surface area contributed by atoms with E-state index < -0.39 is 5.54 Å². The van der Waals surface area contributed by atoms with Crippen LogP contribution in [0.3, 0.4) is 0 Å². The Hall–Kier alpha value is -3.19. The van der Waals surface area contributed by atoms with Crippen molar-refractivity contribution in [2.75, 3.05) is 59.2 Å². The normalized spacial score (nSPS) is 14.5. The van der Waals surface area contributed by atoms with E-state index in [1.54, 1.807) is 4.90 Å². The van der Waals surface area contributed by atoms with E-state index in [-0.39, 0.29) is 12.7 Å². The molecule has 0 N–H and O–H groups in total. The van der Waals surface area contributed by atoms with Crippen molar-refractivity contribution in [2.24, 2.45) is 0 Å². The van der Waals surface area contributed by atoms with Gasteiger partial charge in [-0.15, -0.1) is 0 Å². The molecule has 6 nitrogen and oxygen atoms in total. The van der Waals surface area contributed by atoms with E-state index in [2.05, 4.69) is 103 Å². The highest BCUT2D eigenvalue weighted by atomic mass is 16.6. The van der Waals surface area contributed by atoms with Gasteiger partial charge >= 0.3 is 6.09 Å². The molecule has 0 spiro atoms. The summed E-state index contributed by atoms with van der Waals surface area (Å²) in [7, 11) is 0. The lowest BCUT2D eigenvalue weighted by Gasteiger charge is -2.48. The number of hydrogen-bond donors (Lipinski definition) is 0. The number of carbonyl (C=O) groups excluding carboxylic acids is 1. The van der Waals surface area contributed by atoms with E-state index in [9.17, 15) is 4.79 Å². The van der Waals surface area contributed by atoms with Gasteiger partial charge < -0.3 is 19.1 Å². The zero-order valence-electron chi connectivity index (χ0n) is 21.8. The van der Waals surface area contributed by atoms with Crippen LogP contribution in [-0.2, 0) is 19.7 Å². The van der Waals surface area contributed by atoms with Crippen LogP contribution in [-0.4, -0.2) is 75.1 Å². The van der Waals surface area contributed by atoms with Crippen LogP contribution in [0.5, 0.6) is 0 Å². The van der Waals surface area contributed by atoms with Crippen molar-refractivity contribution in [1.29, 1.82) is 0 Å². The molecule has 0 unspecified atom stereocenters. The van der Waals surface area contributed by atoms with Gasteiger partial charge in [-0.3, -0.25) is 4.90 Å². The third-order valence-electron chi connectivity index (χ3n) is 6.76. The largest absolute Gasteiger partial charge is 0.447 e. The summed E-state index contributed by atoms with van der Waals surface area (Å²) < 4.78 is 16.4. The molecule has 1 aliphatic heterocycles. The molecule has 1 amide bonds. The monoisotopic (exact) mass is 502 g/mol. The van der Waals surface area contributed by atoms with Crippen molar-refractivity contribution in [3.8, 4) is 0 Å².